The Balaban J connectivity index is 1.07. The predicted molar refractivity (Wildman–Crippen MR) is 254 cm³/mol. The van der Waals surface area contributed by atoms with Gasteiger partial charge in [-0.15, -0.1) is 0 Å². The highest BCUT2D eigenvalue weighted by Gasteiger charge is 2.50. The van der Waals surface area contributed by atoms with Gasteiger partial charge in [-0.2, -0.15) is 0 Å². The van der Waals surface area contributed by atoms with Crippen LogP contribution in [0.3, 0.4) is 0 Å². The van der Waals surface area contributed by atoms with E-state index in [1.807, 2.05) is 11.8 Å². The first-order valence-corrected chi connectivity index (χ1v) is 21.8. The van der Waals surface area contributed by atoms with E-state index in [0.29, 0.717) is 0 Å². The average Bonchev–Trinajstić information content (AvgIpc) is 3.83. The van der Waals surface area contributed by atoms with Crippen LogP contribution in [0.15, 0.2) is 228 Å². The molecule has 1 aliphatic heterocycles. The number of aromatic nitrogens is 2. The van der Waals surface area contributed by atoms with Gasteiger partial charge in [0.25, 0.3) is 0 Å². The van der Waals surface area contributed by atoms with E-state index in [9.17, 15) is 0 Å². The van der Waals surface area contributed by atoms with Gasteiger partial charge in [0.2, 0.25) is 0 Å². The molecule has 61 heavy (non-hydrogen) atoms. The number of fused-ring (bicyclic) bond motifs is 14. The van der Waals surface area contributed by atoms with E-state index in [4.69, 9.17) is 4.98 Å². The summed E-state index contributed by atoms with van der Waals surface area (Å²) >= 11 is 1.93. The number of rotatable bonds is 4. The second-order valence-electron chi connectivity index (χ2n) is 16.2. The molecule has 2 aromatic heterocycles. The normalized spacial score (nSPS) is 13.3. The highest BCUT2D eigenvalue weighted by Crippen LogP contribution is 2.63. The lowest BCUT2D eigenvalue weighted by Crippen LogP contribution is -2.32. The van der Waals surface area contributed by atoms with Crippen LogP contribution in [0.4, 0.5) is 0 Å². The fourth-order valence-electron chi connectivity index (χ4n) is 10.6. The summed E-state index contributed by atoms with van der Waals surface area (Å²) < 4.78 is 2.51. The van der Waals surface area contributed by atoms with Crippen molar-refractivity contribution >= 4 is 44.3 Å². The van der Waals surface area contributed by atoms with Gasteiger partial charge in [0.05, 0.1) is 33.5 Å². The molecule has 0 unspecified atom stereocenters. The number of hydrogen-bond acceptors (Lipinski definition) is 2. The van der Waals surface area contributed by atoms with Crippen molar-refractivity contribution in [1.82, 2.24) is 9.55 Å². The first kappa shape index (κ1) is 34.4. The van der Waals surface area contributed by atoms with Crippen LogP contribution in [0, 0.1) is 0 Å². The number of benzene rings is 9. The lowest BCUT2D eigenvalue weighted by molar-refractivity contribution is 0.726. The van der Waals surface area contributed by atoms with Gasteiger partial charge in [0, 0.05) is 37.1 Å². The van der Waals surface area contributed by atoms with Crippen molar-refractivity contribution in [1.29, 1.82) is 0 Å². The number of hydrogen-bond donors (Lipinski definition) is 0. The second-order valence-corrected chi connectivity index (χ2v) is 17.2. The van der Waals surface area contributed by atoms with Crippen molar-refractivity contribution in [2.45, 2.75) is 15.2 Å². The molecule has 0 saturated heterocycles. The predicted octanol–water partition coefficient (Wildman–Crippen LogP) is 15.2. The van der Waals surface area contributed by atoms with Gasteiger partial charge in [-0.05, 0) is 86.3 Å². The van der Waals surface area contributed by atoms with Crippen molar-refractivity contribution in [3.8, 4) is 50.5 Å². The van der Waals surface area contributed by atoms with Crippen molar-refractivity contribution in [3.05, 3.63) is 241 Å². The standard InChI is InChI=1S/C58H36N2S/c1-3-17-37(18-4-1)50-35-39(36-51(59-50)38-19-5-2-6-20-38)40-31-33-53(44-24-8-7-21-41(40)44)60-52-29-15-11-25-45(52)56-54(60)34-32-49-57(56)61-55-30-16-14-28-48(55)58(49)46-26-12-9-22-42(46)43-23-10-13-27-47(43)58/h1-36H. The topological polar surface area (TPSA) is 17.8 Å². The fraction of sp³-hybridized carbons (Fsp3) is 0.0172. The van der Waals surface area contributed by atoms with Crippen molar-refractivity contribution < 1.29 is 0 Å². The number of pyridine rings is 1. The molecule has 13 rings (SSSR count). The third-order valence-corrected chi connectivity index (χ3v) is 14.3. The highest BCUT2D eigenvalue weighted by molar-refractivity contribution is 7.99. The first-order chi connectivity index (χ1) is 30.3. The Morgan fingerprint density at radius 1 is 0.377 bits per heavy atom. The van der Waals surface area contributed by atoms with Gasteiger partial charge in [0.1, 0.15) is 0 Å². The molecule has 0 fully saturated rings. The van der Waals surface area contributed by atoms with E-state index in [1.165, 1.54) is 87.0 Å². The minimum absolute atomic E-state index is 0.433. The number of para-hydroxylation sites is 1. The minimum Gasteiger partial charge on any atom is -0.309 e. The maximum absolute atomic E-state index is 5.20. The Morgan fingerprint density at radius 3 is 1.62 bits per heavy atom. The van der Waals surface area contributed by atoms with Crippen LogP contribution in [0.1, 0.15) is 22.3 Å². The summed E-state index contributed by atoms with van der Waals surface area (Å²) in [5, 5.41) is 4.97. The maximum atomic E-state index is 5.20. The molecule has 0 saturated carbocycles. The molecule has 1 spiro atoms. The van der Waals surface area contributed by atoms with E-state index < -0.39 is 5.41 Å². The molecule has 0 radical (unpaired) electrons. The zero-order valence-corrected chi connectivity index (χ0v) is 33.9. The number of nitrogens with zero attached hydrogens (tertiary/aromatic N) is 2. The molecule has 3 heterocycles. The van der Waals surface area contributed by atoms with Gasteiger partial charge >= 0.3 is 0 Å². The van der Waals surface area contributed by atoms with E-state index in [0.717, 1.165) is 28.1 Å². The van der Waals surface area contributed by atoms with Crippen LogP contribution in [0.5, 0.6) is 0 Å². The molecule has 0 bridgehead atoms. The van der Waals surface area contributed by atoms with Crippen molar-refractivity contribution in [2.75, 3.05) is 0 Å². The van der Waals surface area contributed by atoms with Gasteiger partial charge in [-0.3, -0.25) is 0 Å². The van der Waals surface area contributed by atoms with E-state index in [-0.39, 0.29) is 0 Å². The van der Waals surface area contributed by atoms with E-state index >= 15 is 0 Å². The second kappa shape index (κ2) is 13.3. The smallest absolute Gasteiger partial charge is 0.0735 e. The quantitative estimate of drug-likeness (QED) is 0.177. The van der Waals surface area contributed by atoms with E-state index in [2.05, 4.69) is 223 Å². The summed E-state index contributed by atoms with van der Waals surface area (Å²) in [5.74, 6) is 0. The average molecular weight is 793 g/mol. The van der Waals surface area contributed by atoms with Gasteiger partial charge in [-0.25, -0.2) is 4.98 Å². The van der Waals surface area contributed by atoms with Gasteiger partial charge in [0.15, 0.2) is 0 Å². The van der Waals surface area contributed by atoms with Crippen LogP contribution in [-0.4, -0.2) is 9.55 Å². The Labute approximate surface area is 358 Å². The van der Waals surface area contributed by atoms with Crippen LogP contribution in [0.25, 0.3) is 83.0 Å². The maximum Gasteiger partial charge on any atom is 0.0735 e. The van der Waals surface area contributed by atoms with Crippen molar-refractivity contribution in [2.24, 2.45) is 0 Å². The molecule has 0 amide bonds. The fourth-order valence-corrected chi connectivity index (χ4v) is 11.9. The Bertz CT molecular complexity index is 3460. The molecule has 3 heteroatoms. The van der Waals surface area contributed by atoms with Crippen LogP contribution in [-0.2, 0) is 5.41 Å². The lowest BCUT2D eigenvalue weighted by Gasteiger charge is -2.40. The third-order valence-electron chi connectivity index (χ3n) is 13.1. The summed E-state index contributed by atoms with van der Waals surface area (Å²) in [6.45, 7) is 0. The largest absolute Gasteiger partial charge is 0.309 e. The van der Waals surface area contributed by atoms with Crippen LogP contribution >= 0.6 is 11.8 Å². The zero-order valence-electron chi connectivity index (χ0n) is 33.1. The van der Waals surface area contributed by atoms with E-state index in [1.54, 1.807) is 0 Å². The van der Waals surface area contributed by atoms with Gasteiger partial charge < -0.3 is 4.57 Å². The first-order valence-electron chi connectivity index (χ1n) is 21.0. The Morgan fingerprint density at radius 2 is 0.934 bits per heavy atom. The molecule has 2 aliphatic rings. The zero-order chi connectivity index (χ0) is 40.1. The molecule has 1 aliphatic carbocycles. The summed E-state index contributed by atoms with van der Waals surface area (Å²) in [6, 6.07) is 80.2. The Hall–Kier alpha value is -7.46. The summed E-state index contributed by atoms with van der Waals surface area (Å²) in [4.78, 5) is 7.84. The summed E-state index contributed by atoms with van der Waals surface area (Å²) in [5.41, 5.74) is 17.7. The monoisotopic (exact) mass is 792 g/mol. The molecular weight excluding hydrogens is 757 g/mol. The SMILES string of the molecule is c1ccc(-c2cc(-c3ccc(-n4c5ccccc5c5c6c(ccc54)C4(c5ccccc5S6)c5ccccc5-c5ccccc54)c4ccccc34)cc(-c3ccccc3)n2)cc1. The Kier molecular flexibility index (Phi) is 7.49. The van der Waals surface area contributed by atoms with Gasteiger partial charge in [-0.1, -0.05) is 194 Å². The molecular formula is C58H36N2S. The lowest BCUT2D eigenvalue weighted by atomic mass is 9.67. The van der Waals surface area contributed by atoms with Crippen LogP contribution in [0.2, 0.25) is 0 Å². The molecule has 0 atom stereocenters. The minimum atomic E-state index is -0.433. The summed E-state index contributed by atoms with van der Waals surface area (Å²) in [6.07, 6.45) is 0. The third kappa shape index (κ3) is 4.90. The molecule has 9 aromatic carbocycles. The van der Waals surface area contributed by atoms with Crippen molar-refractivity contribution in [3.63, 3.8) is 0 Å². The molecule has 0 N–H and O–H groups in total. The molecule has 284 valence electrons. The molecule has 11 aromatic rings. The van der Waals surface area contributed by atoms with Crippen LogP contribution < -0.4 is 0 Å². The highest BCUT2D eigenvalue weighted by atomic mass is 32.2. The molecule has 2 nitrogen and oxygen atoms in total. The summed E-state index contributed by atoms with van der Waals surface area (Å²) in [7, 11) is 0.